The number of nitriles is 1. The molecule has 0 fully saturated rings. The van der Waals surface area contributed by atoms with E-state index in [2.05, 4.69) is 27.0 Å². The third kappa shape index (κ3) is 584. The molecule has 0 saturated carbocycles. The van der Waals surface area contributed by atoms with Crippen molar-refractivity contribution in [2.24, 2.45) is 0 Å². The van der Waals surface area contributed by atoms with Gasteiger partial charge in [-0.15, -0.1) is 0 Å². The number of nitrogens with zero attached hydrogens (tertiary/aromatic N) is 1. The summed E-state index contributed by atoms with van der Waals surface area (Å²) in [6.07, 6.45) is 3.28. The molecule has 0 aliphatic carbocycles. The molecule has 0 aromatic heterocycles. The van der Waals surface area contributed by atoms with Crippen LogP contribution in [0.25, 0.3) is 0 Å². The fourth-order valence-electron chi connectivity index (χ4n) is 0.204. The van der Waals surface area contributed by atoms with Gasteiger partial charge in [-0.1, -0.05) is 80.7 Å². The molecule has 0 aliphatic rings. The Bertz CT molecular complexity index is 107. The monoisotopic (exact) mass is 275 g/mol. The van der Waals surface area contributed by atoms with Crippen molar-refractivity contribution in [3.8, 4) is 6.07 Å². The maximum atomic E-state index is 7.32. The summed E-state index contributed by atoms with van der Waals surface area (Å²) in [6, 6.07) is 1.75. The fraction of sp³-hybridized carbons (Fsp3) is 0.688. The van der Waals surface area contributed by atoms with E-state index in [0.29, 0.717) is 0 Å². The number of thioether (sulfide) groups is 1. The average Bonchev–Trinajstić information content (AvgIpc) is 2.47. The van der Waals surface area contributed by atoms with Gasteiger partial charge in [-0.25, -0.2) is 0 Å². The third-order valence-electron chi connectivity index (χ3n) is 0.575. The van der Waals surface area contributed by atoms with E-state index in [1.807, 2.05) is 53.3 Å². The van der Waals surface area contributed by atoms with E-state index in [1.165, 1.54) is 18.4 Å². The van der Waals surface area contributed by atoms with Crippen molar-refractivity contribution in [2.75, 3.05) is 11.5 Å². The molecule has 0 rings (SSSR count). The maximum absolute atomic E-state index is 7.32. The molecule has 0 heterocycles. The normalized spacial score (nSPS) is 4.89. The lowest BCUT2D eigenvalue weighted by molar-refractivity contribution is 1.46. The summed E-state index contributed by atoms with van der Waals surface area (Å²) in [5.74, 6) is 2.52. The van der Waals surface area contributed by atoms with Crippen LogP contribution in [0.1, 0.15) is 62.3 Å². The molecular formula is C16H37NS. The molecule has 112 valence electrons. The summed E-state index contributed by atoms with van der Waals surface area (Å²) < 4.78 is 0. The first-order chi connectivity index (χ1) is 8.74. The minimum absolute atomic E-state index is 1.26. The Labute approximate surface area is 122 Å². The van der Waals surface area contributed by atoms with Crippen LogP contribution >= 0.6 is 11.8 Å². The number of rotatable bonds is 3. The third-order valence-corrected chi connectivity index (χ3v) is 1.39. The molecule has 0 spiro atoms. The summed E-state index contributed by atoms with van der Waals surface area (Å²) in [5.41, 5.74) is 0. The van der Waals surface area contributed by atoms with Crippen molar-refractivity contribution in [3.05, 3.63) is 25.3 Å². The van der Waals surface area contributed by atoms with Crippen LogP contribution in [-0.4, -0.2) is 11.5 Å². The van der Waals surface area contributed by atoms with E-state index in [1.54, 1.807) is 18.2 Å². The summed E-state index contributed by atoms with van der Waals surface area (Å²) in [7, 11) is 0. The van der Waals surface area contributed by atoms with Crippen LogP contribution in [-0.2, 0) is 0 Å². The molecule has 0 aliphatic heterocycles. The Balaban J connectivity index is -0.0000000253. The lowest BCUT2D eigenvalue weighted by atomic mass is 10.6. The van der Waals surface area contributed by atoms with Gasteiger partial charge in [-0.3, -0.25) is 0 Å². The molecule has 0 N–H and O–H groups in total. The first-order valence-electron chi connectivity index (χ1n) is 6.87. The van der Waals surface area contributed by atoms with Crippen LogP contribution in [0.2, 0.25) is 0 Å². The fourth-order valence-corrected chi connectivity index (χ4v) is 0.612. The standard InChI is InChI=1S/C4H10S.C4H6.C2H3N.3C2H6/c1-3-5-4-2;1-3-4-2;1-2-3;3*1-2/h3-4H2,1-2H3;3-4H,1-2H2;1H3;3*1-2H3. The molecule has 18 heavy (non-hydrogen) atoms. The van der Waals surface area contributed by atoms with Gasteiger partial charge in [-0.05, 0) is 11.5 Å². The van der Waals surface area contributed by atoms with Crippen LogP contribution in [0, 0.1) is 11.3 Å². The highest BCUT2D eigenvalue weighted by atomic mass is 32.2. The second-order valence-corrected chi connectivity index (χ2v) is 3.04. The van der Waals surface area contributed by atoms with Crippen LogP contribution in [0.15, 0.2) is 25.3 Å². The highest BCUT2D eigenvalue weighted by molar-refractivity contribution is 7.99. The largest absolute Gasteiger partial charge is 0.199 e. The van der Waals surface area contributed by atoms with Gasteiger partial charge in [0.25, 0.3) is 0 Å². The molecule has 0 saturated heterocycles. The van der Waals surface area contributed by atoms with Crippen molar-refractivity contribution in [1.82, 2.24) is 0 Å². The molecule has 0 amide bonds. The molecule has 0 atom stereocenters. The highest BCUT2D eigenvalue weighted by Gasteiger charge is 1.67. The maximum Gasteiger partial charge on any atom is 0.0587 e. The van der Waals surface area contributed by atoms with Gasteiger partial charge in [0.2, 0.25) is 0 Å². The second kappa shape index (κ2) is 135. The average molecular weight is 276 g/mol. The van der Waals surface area contributed by atoms with E-state index in [-0.39, 0.29) is 0 Å². The van der Waals surface area contributed by atoms with Crippen molar-refractivity contribution >= 4 is 11.8 Å². The quantitative estimate of drug-likeness (QED) is 0.533. The Morgan fingerprint density at radius 1 is 0.889 bits per heavy atom. The van der Waals surface area contributed by atoms with Crippen molar-refractivity contribution < 1.29 is 0 Å². The Morgan fingerprint density at radius 2 is 1.06 bits per heavy atom. The first kappa shape index (κ1) is 36.0. The van der Waals surface area contributed by atoms with Gasteiger partial charge in [0.15, 0.2) is 0 Å². The summed E-state index contributed by atoms with van der Waals surface area (Å²) in [5, 5.41) is 7.32. The zero-order valence-corrected chi connectivity index (χ0v) is 15.2. The van der Waals surface area contributed by atoms with E-state index in [0.717, 1.165) is 0 Å². The van der Waals surface area contributed by atoms with Crippen LogP contribution < -0.4 is 0 Å². The smallest absolute Gasteiger partial charge is 0.0587 e. The molecule has 0 radical (unpaired) electrons. The Morgan fingerprint density at radius 3 is 1.06 bits per heavy atom. The van der Waals surface area contributed by atoms with Crippen LogP contribution in [0.3, 0.4) is 0 Å². The molecular weight excluding hydrogens is 238 g/mol. The van der Waals surface area contributed by atoms with E-state index < -0.39 is 0 Å². The molecule has 0 aromatic rings. The Kier molecular flexibility index (Phi) is 271. The van der Waals surface area contributed by atoms with E-state index >= 15 is 0 Å². The van der Waals surface area contributed by atoms with Gasteiger partial charge >= 0.3 is 0 Å². The number of allylic oxidation sites excluding steroid dienone is 2. The van der Waals surface area contributed by atoms with Gasteiger partial charge in [-0.2, -0.15) is 17.0 Å². The predicted octanol–water partition coefficient (Wildman–Crippen LogP) is 6.73. The van der Waals surface area contributed by atoms with Crippen molar-refractivity contribution in [3.63, 3.8) is 0 Å². The van der Waals surface area contributed by atoms with Crippen LogP contribution in [0.5, 0.6) is 0 Å². The number of hydrogen-bond donors (Lipinski definition) is 0. The van der Waals surface area contributed by atoms with Crippen molar-refractivity contribution in [1.29, 1.82) is 5.26 Å². The Hall–Kier alpha value is -0.680. The minimum atomic E-state index is 1.26. The van der Waals surface area contributed by atoms with Gasteiger partial charge in [0.05, 0.1) is 6.07 Å². The predicted molar refractivity (Wildman–Crippen MR) is 94.4 cm³/mol. The van der Waals surface area contributed by atoms with Gasteiger partial charge in [0.1, 0.15) is 0 Å². The summed E-state index contributed by atoms with van der Waals surface area (Å²) >= 11 is 1.96. The molecule has 0 aromatic carbocycles. The van der Waals surface area contributed by atoms with E-state index in [9.17, 15) is 0 Å². The van der Waals surface area contributed by atoms with Crippen molar-refractivity contribution in [2.45, 2.75) is 62.3 Å². The summed E-state index contributed by atoms with van der Waals surface area (Å²) in [4.78, 5) is 0. The molecule has 0 unspecified atom stereocenters. The topological polar surface area (TPSA) is 23.8 Å². The lowest BCUT2D eigenvalue weighted by Gasteiger charge is -1.80. The second-order valence-electron chi connectivity index (χ2n) is 1.48. The number of hydrogen-bond acceptors (Lipinski definition) is 2. The first-order valence-corrected chi connectivity index (χ1v) is 8.02. The zero-order valence-electron chi connectivity index (χ0n) is 14.3. The van der Waals surface area contributed by atoms with E-state index in [4.69, 9.17) is 5.26 Å². The summed E-state index contributed by atoms with van der Waals surface area (Å²) in [6.45, 7) is 24.5. The SMILES string of the molecule is C=CC=C.CC.CC.CC.CC#N.CCSCC. The lowest BCUT2D eigenvalue weighted by Crippen LogP contribution is -1.64. The minimum Gasteiger partial charge on any atom is -0.199 e. The molecule has 2 heteroatoms. The molecule has 1 nitrogen and oxygen atoms in total. The van der Waals surface area contributed by atoms with Crippen LogP contribution in [0.4, 0.5) is 0 Å². The van der Waals surface area contributed by atoms with Gasteiger partial charge in [0, 0.05) is 6.92 Å². The molecule has 0 bridgehead atoms. The highest BCUT2D eigenvalue weighted by Crippen LogP contribution is 1.93. The van der Waals surface area contributed by atoms with Gasteiger partial charge < -0.3 is 0 Å². The zero-order chi connectivity index (χ0) is 16.2.